The average Bonchev–Trinajstić information content (AvgIpc) is 2.99. The first-order valence-electron chi connectivity index (χ1n) is 10.1. The maximum absolute atomic E-state index is 11.7. The van der Waals surface area contributed by atoms with Crippen LogP contribution in [0, 0.1) is 0 Å². The fraction of sp³-hybridized carbons (Fsp3) is 0.417. The maximum atomic E-state index is 11.7. The van der Waals surface area contributed by atoms with Crippen molar-refractivity contribution in [1.29, 1.82) is 0 Å². The zero-order chi connectivity index (χ0) is 21.0. The lowest BCUT2D eigenvalue weighted by Gasteiger charge is -2.24. The van der Waals surface area contributed by atoms with Crippen molar-refractivity contribution >= 4 is 11.9 Å². The van der Waals surface area contributed by atoms with Crippen LogP contribution >= 0.6 is 0 Å². The molecule has 0 saturated carbocycles. The van der Waals surface area contributed by atoms with Crippen molar-refractivity contribution in [2.24, 2.45) is 0 Å². The summed E-state index contributed by atoms with van der Waals surface area (Å²) in [5, 5.41) is 11.0. The molecule has 1 atom stereocenters. The van der Waals surface area contributed by atoms with Crippen LogP contribution in [0.1, 0.15) is 55.4 Å². The van der Waals surface area contributed by atoms with Crippen LogP contribution in [0.25, 0.3) is 0 Å². The van der Waals surface area contributed by atoms with Crippen molar-refractivity contribution in [2.75, 3.05) is 6.54 Å². The summed E-state index contributed by atoms with van der Waals surface area (Å²) >= 11 is 0. The molecule has 2 N–H and O–H groups in total. The van der Waals surface area contributed by atoms with Crippen LogP contribution in [0.3, 0.4) is 0 Å². The number of ether oxygens (including phenoxy) is 1. The third-order valence-electron chi connectivity index (χ3n) is 5.35. The van der Waals surface area contributed by atoms with E-state index >= 15 is 0 Å². The second-order valence-corrected chi connectivity index (χ2v) is 8.41. The SMILES string of the molecule is CC(C)c1ccc(C[C@]2(C)Cc3cc(CCC(=O)NCC(=O)O)ccc3O2)cc1. The third kappa shape index (κ3) is 5.59. The minimum absolute atomic E-state index is 0.251. The van der Waals surface area contributed by atoms with E-state index in [1.165, 1.54) is 11.1 Å². The Hall–Kier alpha value is -2.82. The highest BCUT2D eigenvalue weighted by Crippen LogP contribution is 2.37. The molecule has 1 amide bonds. The normalized spacial score (nSPS) is 17.7. The molecule has 0 saturated heterocycles. The number of carboxylic acids is 1. The molecule has 0 fully saturated rings. The lowest BCUT2D eigenvalue weighted by atomic mass is 9.90. The topological polar surface area (TPSA) is 75.6 Å². The Balaban J connectivity index is 1.59. The molecule has 5 nitrogen and oxygen atoms in total. The zero-order valence-corrected chi connectivity index (χ0v) is 17.3. The number of carboxylic acid groups (broad SMARTS) is 1. The number of aliphatic carboxylic acids is 1. The van der Waals surface area contributed by atoms with E-state index in [0.717, 1.165) is 29.7 Å². The largest absolute Gasteiger partial charge is 0.487 e. The third-order valence-corrected chi connectivity index (χ3v) is 5.35. The van der Waals surface area contributed by atoms with Gasteiger partial charge in [-0.25, -0.2) is 0 Å². The summed E-state index contributed by atoms with van der Waals surface area (Å²) in [5.74, 6) is 0.145. The molecular weight excluding hydrogens is 366 g/mol. The molecule has 3 rings (SSSR count). The van der Waals surface area contributed by atoms with E-state index in [1.54, 1.807) is 0 Å². The van der Waals surface area contributed by atoms with Crippen LogP contribution in [0.4, 0.5) is 0 Å². The van der Waals surface area contributed by atoms with Crippen molar-refractivity contribution in [1.82, 2.24) is 5.32 Å². The van der Waals surface area contributed by atoms with Crippen LogP contribution in [0.5, 0.6) is 5.75 Å². The summed E-state index contributed by atoms with van der Waals surface area (Å²) < 4.78 is 6.28. The fourth-order valence-electron chi connectivity index (χ4n) is 3.80. The van der Waals surface area contributed by atoms with Gasteiger partial charge in [0, 0.05) is 19.3 Å². The summed E-state index contributed by atoms with van der Waals surface area (Å²) in [6, 6.07) is 14.8. The summed E-state index contributed by atoms with van der Waals surface area (Å²) in [6.45, 7) is 6.19. The lowest BCUT2D eigenvalue weighted by Crippen LogP contribution is -2.32. The summed E-state index contributed by atoms with van der Waals surface area (Å²) in [5.41, 5.74) is 4.55. The van der Waals surface area contributed by atoms with Gasteiger partial charge < -0.3 is 15.2 Å². The first-order chi connectivity index (χ1) is 13.7. The molecule has 0 radical (unpaired) electrons. The van der Waals surface area contributed by atoms with Gasteiger partial charge in [-0.3, -0.25) is 9.59 Å². The molecule has 5 heteroatoms. The first-order valence-corrected chi connectivity index (χ1v) is 10.1. The summed E-state index contributed by atoms with van der Waals surface area (Å²) in [4.78, 5) is 22.2. The Labute approximate surface area is 172 Å². The number of amides is 1. The Kier molecular flexibility index (Phi) is 6.26. The van der Waals surface area contributed by atoms with Crippen molar-refractivity contribution in [3.63, 3.8) is 0 Å². The smallest absolute Gasteiger partial charge is 0.322 e. The quantitative estimate of drug-likeness (QED) is 0.711. The predicted octanol–water partition coefficient (Wildman–Crippen LogP) is 3.88. The van der Waals surface area contributed by atoms with Gasteiger partial charge in [0.05, 0.1) is 0 Å². The van der Waals surface area contributed by atoms with Gasteiger partial charge in [-0.05, 0) is 47.6 Å². The molecule has 154 valence electrons. The minimum Gasteiger partial charge on any atom is -0.487 e. The number of benzene rings is 2. The number of fused-ring (bicyclic) bond motifs is 1. The van der Waals surface area contributed by atoms with E-state index in [0.29, 0.717) is 12.3 Å². The van der Waals surface area contributed by atoms with Crippen molar-refractivity contribution in [2.45, 2.75) is 58.0 Å². The molecule has 2 aromatic carbocycles. The Morgan fingerprint density at radius 3 is 2.48 bits per heavy atom. The van der Waals surface area contributed by atoms with Gasteiger partial charge in [0.15, 0.2) is 0 Å². The lowest BCUT2D eigenvalue weighted by molar-refractivity contribution is -0.137. The Morgan fingerprint density at radius 2 is 1.83 bits per heavy atom. The van der Waals surface area contributed by atoms with Crippen molar-refractivity contribution < 1.29 is 19.4 Å². The highest BCUT2D eigenvalue weighted by molar-refractivity contribution is 5.81. The van der Waals surface area contributed by atoms with E-state index in [-0.39, 0.29) is 24.5 Å². The number of aryl methyl sites for hydroxylation is 1. The molecule has 1 aliphatic heterocycles. The Morgan fingerprint density at radius 1 is 1.14 bits per heavy atom. The van der Waals surface area contributed by atoms with Crippen LogP contribution in [0.15, 0.2) is 42.5 Å². The van der Waals surface area contributed by atoms with Gasteiger partial charge in [0.1, 0.15) is 17.9 Å². The molecule has 1 aliphatic rings. The van der Waals surface area contributed by atoms with Gasteiger partial charge in [-0.1, -0.05) is 50.2 Å². The van der Waals surface area contributed by atoms with Gasteiger partial charge >= 0.3 is 5.97 Å². The molecule has 2 aromatic rings. The molecule has 0 aromatic heterocycles. The summed E-state index contributed by atoms with van der Waals surface area (Å²) in [6.07, 6.45) is 2.51. The number of hydrogen-bond acceptors (Lipinski definition) is 3. The minimum atomic E-state index is -1.04. The zero-order valence-electron chi connectivity index (χ0n) is 17.3. The van der Waals surface area contributed by atoms with Crippen molar-refractivity contribution in [3.8, 4) is 5.75 Å². The summed E-state index contributed by atoms with van der Waals surface area (Å²) in [7, 11) is 0. The van der Waals surface area contributed by atoms with Gasteiger partial charge in [0.25, 0.3) is 0 Å². The van der Waals surface area contributed by atoms with E-state index < -0.39 is 5.97 Å². The number of nitrogens with one attached hydrogen (secondary N) is 1. The fourth-order valence-corrected chi connectivity index (χ4v) is 3.80. The molecule has 0 bridgehead atoms. The molecule has 0 spiro atoms. The highest BCUT2D eigenvalue weighted by Gasteiger charge is 2.35. The molecule has 0 aliphatic carbocycles. The number of hydrogen-bond donors (Lipinski definition) is 2. The van der Waals surface area contributed by atoms with Crippen molar-refractivity contribution in [3.05, 3.63) is 64.7 Å². The molecule has 29 heavy (non-hydrogen) atoms. The van der Waals surface area contributed by atoms with Crippen LogP contribution in [-0.4, -0.2) is 29.1 Å². The average molecular weight is 395 g/mol. The second-order valence-electron chi connectivity index (χ2n) is 8.41. The van der Waals surface area contributed by atoms with E-state index in [2.05, 4.69) is 56.4 Å². The van der Waals surface area contributed by atoms with E-state index in [9.17, 15) is 9.59 Å². The Bertz CT molecular complexity index is 888. The predicted molar refractivity (Wildman–Crippen MR) is 112 cm³/mol. The molecule has 0 unspecified atom stereocenters. The van der Waals surface area contributed by atoms with E-state index in [1.807, 2.05) is 12.1 Å². The monoisotopic (exact) mass is 395 g/mol. The maximum Gasteiger partial charge on any atom is 0.322 e. The van der Waals surface area contributed by atoms with Gasteiger partial charge in [-0.2, -0.15) is 0 Å². The number of rotatable bonds is 8. The number of carbonyl (C=O) groups is 2. The van der Waals surface area contributed by atoms with Gasteiger partial charge in [-0.15, -0.1) is 0 Å². The van der Waals surface area contributed by atoms with Crippen LogP contribution < -0.4 is 10.1 Å². The van der Waals surface area contributed by atoms with Crippen LogP contribution in [-0.2, 0) is 28.9 Å². The standard InChI is InChI=1S/C24H29NO4/c1-16(2)19-8-4-18(5-9-19)13-24(3)14-20-12-17(6-10-21(20)29-24)7-11-22(26)25-15-23(27)28/h4-6,8-10,12,16H,7,11,13-15H2,1-3H3,(H,25,26)(H,27,28)/t24-/m1/s1. The molecular formula is C24H29NO4. The molecule has 1 heterocycles. The number of carbonyl (C=O) groups excluding carboxylic acids is 1. The highest BCUT2D eigenvalue weighted by atomic mass is 16.5. The van der Waals surface area contributed by atoms with Gasteiger partial charge in [0.2, 0.25) is 5.91 Å². The van der Waals surface area contributed by atoms with Crippen LogP contribution in [0.2, 0.25) is 0 Å². The second kappa shape index (κ2) is 8.68. The first kappa shape index (κ1) is 20.9. The van der Waals surface area contributed by atoms with E-state index in [4.69, 9.17) is 9.84 Å².